The van der Waals surface area contributed by atoms with E-state index >= 15 is 0 Å². The Labute approximate surface area is 119 Å². The molecule has 0 saturated heterocycles. The Bertz CT molecular complexity index is 221. The number of urea groups is 1. The SMILES string of the molecule is CCCCNC(CCC)C(CC)CNC(=O)NCC. The largest absolute Gasteiger partial charge is 0.338 e. The monoisotopic (exact) mass is 271 g/mol. The van der Waals surface area contributed by atoms with Crippen molar-refractivity contribution < 1.29 is 4.79 Å². The van der Waals surface area contributed by atoms with Crippen molar-refractivity contribution in [2.75, 3.05) is 19.6 Å². The van der Waals surface area contributed by atoms with E-state index < -0.39 is 0 Å². The van der Waals surface area contributed by atoms with Gasteiger partial charge >= 0.3 is 6.03 Å². The molecule has 0 aliphatic heterocycles. The summed E-state index contributed by atoms with van der Waals surface area (Å²) >= 11 is 0. The molecule has 2 amide bonds. The summed E-state index contributed by atoms with van der Waals surface area (Å²) in [5.41, 5.74) is 0. The molecule has 0 bridgehead atoms. The first-order chi connectivity index (χ1) is 9.19. The van der Waals surface area contributed by atoms with Crippen molar-refractivity contribution in [3.63, 3.8) is 0 Å². The van der Waals surface area contributed by atoms with Crippen LogP contribution in [0.25, 0.3) is 0 Å². The Morgan fingerprint density at radius 3 is 2.32 bits per heavy atom. The third-order valence-corrected chi connectivity index (χ3v) is 3.49. The first-order valence-corrected chi connectivity index (χ1v) is 7.94. The van der Waals surface area contributed by atoms with E-state index in [1.54, 1.807) is 0 Å². The van der Waals surface area contributed by atoms with Crippen LogP contribution in [0.3, 0.4) is 0 Å². The van der Waals surface area contributed by atoms with Crippen LogP contribution < -0.4 is 16.0 Å². The van der Waals surface area contributed by atoms with E-state index in [-0.39, 0.29) is 6.03 Å². The second-order valence-electron chi connectivity index (χ2n) is 5.11. The topological polar surface area (TPSA) is 53.2 Å². The first-order valence-electron chi connectivity index (χ1n) is 7.94. The lowest BCUT2D eigenvalue weighted by Gasteiger charge is -2.27. The van der Waals surface area contributed by atoms with E-state index in [0.29, 0.717) is 18.5 Å². The van der Waals surface area contributed by atoms with E-state index in [4.69, 9.17) is 0 Å². The van der Waals surface area contributed by atoms with Gasteiger partial charge in [-0.15, -0.1) is 0 Å². The highest BCUT2D eigenvalue weighted by Crippen LogP contribution is 2.13. The van der Waals surface area contributed by atoms with Crippen molar-refractivity contribution in [1.29, 1.82) is 0 Å². The van der Waals surface area contributed by atoms with Gasteiger partial charge in [-0.1, -0.05) is 40.0 Å². The van der Waals surface area contributed by atoms with Crippen LogP contribution in [0.5, 0.6) is 0 Å². The van der Waals surface area contributed by atoms with Gasteiger partial charge in [0.15, 0.2) is 0 Å². The van der Waals surface area contributed by atoms with Crippen molar-refractivity contribution in [1.82, 2.24) is 16.0 Å². The summed E-state index contributed by atoms with van der Waals surface area (Å²) in [6.07, 6.45) is 5.90. The molecule has 0 fully saturated rings. The van der Waals surface area contributed by atoms with Crippen molar-refractivity contribution in [3.05, 3.63) is 0 Å². The van der Waals surface area contributed by atoms with E-state index in [2.05, 4.69) is 36.7 Å². The molecule has 2 atom stereocenters. The molecule has 0 aromatic heterocycles. The molecular formula is C15H33N3O. The van der Waals surface area contributed by atoms with E-state index in [9.17, 15) is 4.79 Å². The number of hydrogen-bond acceptors (Lipinski definition) is 2. The van der Waals surface area contributed by atoms with Gasteiger partial charge < -0.3 is 16.0 Å². The van der Waals surface area contributed by atoms with E-state index in [1.807, 2.05) is 6.92 Å². The van der Waals surface area contributed by atoms with Gasteiger partial charge in [-0.2, -0.15) is 0 Å². The molecule has 0 aliphatic carbocycles. The van der Waals surface area contributed by atoms with Gasteiger partial charge in [0.1, 0.15) is 0 Å². The lowest BCUT2D eigenvalue weighted by molar-refractivity contribution is 0.235. The van der Waals surface area contributed by atoms with E-state index in [0.717, 1.165) is 19.5 Å². The number of unbranched alkanes of at least 4 members (excludes halogenated alkanes) is 1. The average molecular weight is 271 g/mol. The summed E-state index contributed by atoms with van der Waals surface area (Å²) in [4.78, 5) is 11.5. The quantitative estimate of drug-likeness (QED) is 0.506. The number of amides is 2. The van der Waals surface area contributed by atoms with Crippen LogP contribution in [0.4, 0.5) is 4.79 Å². The van der Waals surface area contributed by atoms with E-state index in [1.165, 1.54) is 25.7 Å². The minimum Gasteiger partial charge on any atom is -0.338 e. The zero-order chi connectivity index (χ0) is 14.5. The summed E-state index contributed by atoms with van der Waals surface area (Å²) in [5.74, 6) is 0.513. The van der Waals surface area contributed by atoms with Crippen molar-refractivity contribution >= 4 is 6.03 Å². The van der Waals surface area contributed by atoms with Crippen LogP contribution in [0.2, 0.25) is 0 Å². The van der Waals surface area contributed by atoms with Crippen LogP contribution in [-0.2, 0) is 0 Å². The van der Waals surface area contributed by atoms with Gasteiger partial charge in [-0.3, -0.25) is 0 Å². The third-order valence-electron chi connectivity index (χ3n) is 3.49. The molecule has 0 heterocycles. The summed E-state index contributed by atoms with van der Waals surface area (Å²) in [6, 6.07) is 0.466. The molecule has 0 aromatic carbocycles. The van der Waals surface area contributed by atoms with Gasteiger partial charge in [0.2, 0.25) is 0 Å². The molecule has 4 nitrogen and oxygen atoms in total. The van der Waals surface area contributed by atoms with Gasteiger partial charge in [0.05, 0.1) is 0 Å². The Balaban J connectivity index is 4.18. The molecule has 2 unspecified atom stereocenters. The predicted molar refractivity (Wildman–Crippen MR) is 82.5 cm³/mol. The molecule has 0 aliphatic rings. The second-order valence-corrected chi connectivity index (χ2v) is 5.11. The molecule has 0 aromatic rings. The standard InChI is InChI=1S/C15H33N3O/c1-5-9-11-17-14(10-6-2)13(7-3)12-18-15(19)16-8-4/h13-14,17H,5-12H2,1-4H3,(H2,16,18,19). The zero-order valence-electron chi connectivity index (χ0n) is 13.2. The molecule has 0 rings (SSSR count). The molecule has 19 heavy (non-hydrogen) atoms. The number of nitrogens with one attached hydrogen (secondary N) is 3. The Morgan fingerprint density at radius 1 is 1.05 bits per heavy atom. The zero-order valence-corrected chi connectivity index (χ0v) is 13.2. The molecule has 0 spiro atoms. The normalized spacial score (nSPS) is 13.9. The minimum atomic E-state index is -0.0512. The lowest BCUT2D eigenvalue weighted by atomic mass is 9.93. The molecule has 0 radical (unpaired) electrons. The molecule has 0 saturated carbocycles. The number of carbonyl (C=O) groups is 1. The third kappa shape index (κ3) is 8.87. The fourth-order valence-corrected chi connectivity index (χ4v) is 2.30. The van der Waals surface area contributed by atoms with Crippen LogP contribution in [0.1, 0.15) is 59.8 Å². The fourth-order valence-electron chi connectivity index (χ4n) is 2.30. The summed E-state index contributed by atoms with van der Waals surface area (Å²) < 4.78 is 0. The molecule has 4 heteroatoms. The molecular weight excluding hydrogens is 238 g/mol. The van der Waals surface area contributed by atoms with Crippen LogP contribution in [0, 0.1) is 5.92 Å². The summed E-state index contributed by atoms with van der Waals surface area (Å²) in [5, 5.41) is 9.41. The summed E-state index contributed by atoms with van der Waals surface area (Å²) in [6.45, 7) is 11.1. The van der Waals surface area contributed by atoms with Crippen LogP contribution in [-0.4, -0.2) is 31.7 Å². The minimum absolute atomic E-state index is 0.0512. The maximum absolute atomic E-state index is 11.5. The smallest absolute Gasteiger partial charge is 0.314 e. The average Bonchev–Trinajstić information content (AvgIpc) is 2.40. The predicted octanol–water partition coefficient (Wildman–Crippen LogP) is 2.89. The first kappa shape index (κ1) is 18.2. The van der Waals surface area contributed by atoms with Crippen LogP contribution >= 0.6 is 0 Å². The molecule has 114 valence electrons. The highest BCUT2D eigenvalue weighted by atomic mass is 16.2. The van der Waals surface area contributed by atoms with Gasteiger partial charge in [-0.25, -0.2) is 4.79 Å². The summed E-state index contributed by atoms with van der Waals surface area (Å²) in [7, 11) is 0. The van der Waals surface area contributed by atoms with Crippen molar-refractivity contribution in [2.24, 2.45) is 5.92 Å². The lowest BCUT2D eigenvalue weighted by Crippen LogP contribution is -2.45. The van der Waals surface area contributed by atoms with Gasteiger partial charge in [0.25, 0.3) is 0 Å². The Morgan fingerprint density at radius 2 is 1.79 bits per heavy atom. The van der Waals surface area contributed by atoms with Gasteiger partial charge in [-0.05, 0) is 32.2 Å². The Kier molecular flexibility index (Phi) is 11.8. The van der Waals surface area contributed by atoms with Crippen molar-refractivity contribution in [3.8, 4) is 0 Å². The maximum atomic E-state index is 11.5. The van der Waals surface area contributed by atoms with Crippen molar-refractivity contribution in [2.45, 2.75) is 65.8 Å². The fraction of sp³-hybridized carbons (Fsp3) is 0.933. The van der Waals surface area contributed by atoms with Crippen LogP contribution in [0.15, 0.2) is 0 Å². The number of rotatable bonds is 11. The maximum Gasteiger partial charge on any atom is 0.314 e. The highest BCUT2D eigenvalue weighted by Gasteiger charge is 2.19. The highest BCUT2D eigenvalue weighted by molar-refractivity contribution is 5.73. The van der Waals surface area contributed by atoms with Gasteiger partial charge in [0, 0.05) is 19.1 Å². The second kappa shape index (κ2) is 12.3. The number of hydrogen-bond donors (Lipinski definition) is 3. The number of carbonyl (C=O) groups excluding carboxylic acids is 1. The Hall–Kier alpha value is -0.770. The molecule has 3 N–H and O–H groups in total.